The van der Waals surface area contributed by atoms with Crippen molar-refractivity contribution in [2.24, 2.45) is 0 Å². The van der Waals surface area contributed by atoms with Crippen molar-refractivity contribution >= 4 is 27.3 Å². The summed E-state index contributed by atoms with van der Waals surface area (Å²) < 4.78 is 17.2. The zero-order valence-electron chi connectivity index (χ0n) is 20.9. The monoisotopic (exact) mass is 497 g/mol. The van der Waals surface area contributed by atoms with Gasteiger partial charge in [-0.1, -0.05) is 50.1 Å². The number of aromatic amines is 1. The summed E-state index contributed by atoms with van der Waals surface area (Å²) in [7, 11) is 3.11. The first-order chi connectivity index (χ1) is 18.2. The number of pyridine rings is 1. The smallest absolute Gasteiger partial charge is 0.216 e. The van der Waals surface area contributed by atoms with E-state index in [1.165, 1.54) is 0 Å². The Morgan fingerprint density at radius 2 is 1.70 bits per heavy atom. The Labute approximate surface area is 213 Å². The van der Waals surface area contributed by atoms with E-state index < -0.39 is 0 Å². The van der Waals surface area contributed by atoms with Gasteiger partial charge >= 0.3 is 0 Å². The van der Waals surface area contributed by atoms with Gasteiger partial charge in [0.15, 0.2) is 17.3 Å². The third-order valence-electron chi connectivity index (χ3n) is 6.33. The number of ketones is 1. The SMILES string of the molecule is CCCCCOc1ccc2ccccc2c1C(=O)c1ncc(-c2nnn[nH]2)c2cc(OC)c(OC)cc12. The predicted octanol–water partition coefficient (Wildman–Crippen LogP) is 5.39. The largest absolute Gasteiger partial charge is 0.493 e. The Balaban J connectivity index is 1.72. The number of aromatic nitrogens is 5. The second-order valence-electron chi connectivity index (χ2n) is 8.57. The molecule has 0 atom stereocenters. The summed E-state index contributed by atoms with van der Waals surface area (Å²) in [6, 6.07) is 15.2. The molecule has 2 heterocycles. The van der Waals surface area contributed by atoms with Crippen LogP contribution in [0.15, 0.2) is 54.7 Å². The summed E-state index contributed by atoms with van der Waals surface area (Å²) in [5.41, 5.74) is 1.38. The van der Waals surface area contributed by atoms with Gasteiger partial charge in [-0.2, -0.15) is 0 Å². The van der Waals surface area contributed by atoms with Gasteiger partial charge in [0.2, 0.25) is 5.78 Å². The van der Waals surface area contributed by atoms with Gasteiger partial charge in [-0.05, 0) is 45.8 Å². The molecule has 2 aromatic heterocycles. The molecule has 5 aromatic rings. The number of unbranched alkanes of at least 4 members (excludes halogenated alkanes) is 2. The lowest BCUT2D eigenvalue weighted by molar-refractivity contribution is 0.103. The zero-order chi connectivity index (χ0) is 25.8. The highest BCUT2D eigenvalue weighted by Crippen LogP contribution is 2.39. The molecule has 9 heteroatoms. The first kappa shape index (κ1) is 24.2. The maximum Gasteiger partial charge on any atom is 0.216 e. The number of H-pyrrole nitrogens is 1. The van der Waals surface area contributed by atoms with Crippen LogP contribution in [0.25, 0.3) is 32.9 Å². The van der Waals surface area contributed by atoms with Crippen LogP contribution in [0.3, 0.4) is 0 Å². The molecule has 5 rings (SSSR count). The molecule has 37 heavy (non-hydrogen) atoms. The number of tetrazole rings is 1. The molecule has 0 fully saturated rings. The average Bonchev–Trinajstić information content (AvgIpc) is 3.48. The molecule has 0 bridgehead atoms. The number of carbonyl (C=O) groups excluding carboxylic acids is 1. The van der Waals surface area contributed by atoms with Gasteiger partial charge in [0.25, 0.3) is 0 Å². The van der Waals surface area contributed by atoms with E-state index >= 15 is 0 Å². The molecule has 0 aliphatic carbocycles. The van der Waals surface area contributed by atoms with Gasteiger partial charge in [-0.25, -0.2) is 5.10 Å². The van der Waals surface area contributed by atoms with Crippen LogP contribution in [0.5, 0.6) is 17.2 Å². The number of rotatable bonds is 10. The van der Waals surface area contributed by atoms with Gasteiger partial charge < -0.3 is 14.2 Å². The van der Waals surface area contributed by atoms with Gasteiger partial charge in [0, 0.05) is 22.5 Å². The molecule has 0 aliphatic rings. The Hall–Kier alpha value is -4.53. The van der Waals surface area contributed by atoms with Crippen LogP contribution in [0, 0.1) is 0 Å². The molecule has 0 saturated heterocycles. The van der Waals surface area contributed by atoms with Crippen molar-refractivity contribution in [1.29, 1.82) is 0 Å². The van der Waals surface area contributed by atoms with Crippen molar-refractivity contribution < 1.29 is 19.0 Å². The average molecular weight is 498 g/mol. The van der Waals surface area contributed by atoms with Crippen LogP contribution in [0.1, 0.15) is 42.2 Å². The highest BCUT2D eigenvalue weighted by Gasteiger charge is 2.24. The highest BCUT2D eigenvalue weighted by molar-refractivity contribution is 6.22. The molecular weight excluding hydrogens is 470 g/mol. The lowest BCUT2D eigenvalue weighted by Crippen LogP contribution is -2.10. The minimum Gasteiger partial charge on any atom is -0.493 e. The number of hydrogen-bond acceptors (Lipinski definition) is 8. The molecule has 1 N–H and O–H groups in total. The van der Waals surface area contributed by atoms with E-state index in [2.05, 4.69) is 32.5 Å². The van der Waals surface area contributed by atoms with E-state index in [0.29, 0.717) is 51.6 Å². The third-order valence-corrected chi connectivity index (χ3v) is 6.33. The minimum atomic E-state index is -0.248. The predicted molar refractivity (Wildman–Crippen MR) is 140 cm³/mol. The van der Waals surface area contributed by atoms with Crippen LogP contribution >= 0.6 is 0 Å². The van der Waals surface area contributed by atoms with E-state index in [4.69, 9.17) is 14.2 Å². The van der Waals surface area contributed by atoms with Crippen LogP contribution in [0.4, 0.5) is 0 Å². The van der Waals surface area contributed by atoms with Crippen molar-refractivity contribution in [3.05, 3.63) is 66.0 Å². The molecular formula is C28H27N5O4. The molecule has 0 radical (unpaired) electrons. The van der Waals surface area contributed by atoms with Crippen molar-refractivity contribution in [3.8, 4) is 28.6 Å². The normalized spacial score (nSPS) is 11.1. The number of nitrogens with one attached hydrogen (secondary N) is 1. The van der Waals surface area contributed by atoms with E-state index in [-0.39, 0.29) is 11.5 Å². The number of methoxy groups -OCH3 is 2. The van der Waals surface area contributed by atoms with Gasteiger partial charge in [-0.15, -0.1) is 5.10 Å². The number of fused-ring (bicyclic) bond motifs is 2. The lowest BCUT2D eigenvalue weighted by Gasteiger charge is -2.16. The van der Waals surface area contributed by atoms with Gasteiger partial charge in [0.05, 0.1) is 26.4 Å². The fourth-order valence-electron chi connectivity index (χ4n) is 4.47. The minimum absolute atomic E-state index is 0.248. The Kier molecular flexibility index (Phi) is 6.93. The number of nitrogens with zero attached hydrogens (tertiary/aromatic N) is 4. The third kappa shape index (κ3) is 4.55. The Morgan fingerprint density at radius 1 is 0.919 bits per heavy atom. The number of benzene rings is 3. The van der Waals surface area contributed by atoms with Gasteiger partial charge in [-0.3, -0.25) is 9.78 Å². The second kappa shape index (κ2) is 10.6. The topological polar surface area (TPSA) is 112 Å². The Morgan fingerprint density at radius 3 is 2.43 bits per heavy atom. The summed E-state index contributed by atoms with van der Waals surface area (Å²) in [6.07, 6.45) is 4.65. The Bertz CT molecular complexity index is 1570. The molecule has 0 unspecified atom stereocenters. The van der Waals surface area contributed by atoms with E-state index in [1.807, 2.05) is 36.4 Å². The van der Waals surface area contributed by atoms with Crippen LogP contribution in [0.2, 0.25) is 0 Å². The molecule has 3 aromatic carbocycles. The van der Waals surface area contributed by atoms with Crippen molar-refractivity contribution in [2.75, 3.05) is 20.8 Å². The molecule has 0 aliphatic heterocycles. The first-order valence-electron chi connectivity index (χ1n) is 12.1. The van der Waals surface area contributed by atoms with E-state index in [1.54, 1.807) is 32.5 Å². The van der Waals surface area contributed by atoms with E-state index in [0.717, 1.165) is 30.0 Å². The molecule has 188 valence electrons. The maximum atomic E-state index is 14.3. The maximum absolute atomic E-state index is 14.3. The van der Waals surface area contributed by atoms with Crippen LogP contribution < -0.4 is 14.2 Å². The molecule has 0 saturated carbocycles. The lowest BCUT2D eigenvalue weighted by atomic mass is 9.95. The van der Waals surface area contributed by atoms with E-state index in [9.17, 15) is 4.79 Å². The summed E-state index contributed by atoms with van der Waals surface area (Å²) in [5, 5.41) is 17.2. The second-order valence-corrected chi connectivity index (χ2v) is 8.57. The van der Waals surface area contributed by atoms with Crippen molar-refractivity contribution in [3.63, 3.8) is 0 Å². The van der Waals surface area contributed by atoms with Crippen molar-refractivity contribution in [1.82, 2.24) is 25.6 Å². The fraction of sp³-hybridized carbons (Fsp3) is 0.250. The summed E-state index contributed by atoms with van der Waals surface area (Å²) in [6.45, 7) is 2.67. The number of carbonyl (C=O) groups is 1. The summed E-state index contributed by atoms with van der Waals surface area (Å²) in [4.78, 5) is 18.9. The molecule has 9 nitrogen and oxygen atoms in total. The first-order valence-corrected chi connectivity index (χ1v) is 12.1. The van der Waals surface area contributed by atoms with Gasteiger partial charge in [0.1, 0.15) is 11.4 Å². The fourth-order valence-corrected chi connectivity index (χ4v) is 4.47. The molecule has 0 amide bonds. The highest BCUT2D eigenvalue weighted by atomic mass is 16.5. The summed E-state index contributed by atoms with van der Waals surface area (Å²) in [5.74, 6) is 1.71. The standard InChI is InChI=1S/C28H27N5O4/c1-4-5-8-13-37-22-12-11-17-9-6-7-10-18(17)25(22)27(34)26-20-15-24(36-3)23(35-2)14-19(20)21(16-29-26)28-30-32-33-31-28/h6-7,9-12,14-16H,4-5,8,13H2,1-3H3,(H,30,31,32,33). The zero-order valence-corrected chi connectivity index (χ0v) is 20.9. The number of hydrogen-bond donors (Lipinski definition) is 1. The van der Waals surface area contributed by atoms with Crippen LogP contribution in [-0.4, -0.2) is 52.2 Å². The quantitative estimate of drug-likeness (QED) is 0.202. The summed E-state index contributed by atoms with van der Waals surface area (Å²) >= 11 is 0. The number of ether oxygens (including phenoxy) is 3. The van der Waals surface area contributed by atoms with Crippen LogP contribution in [-0.2, 0) is 0 Å². The van der Waals surface area contributed by atoms with Crippen molar-refractivity contribution in [2.45, 2.75) is 26.2 Å². The molecule has 0 spiro atoms.